The summed E-state index contributed by atoms with van der Waals surface area (Å²) in [6, 6.07) is 2.05. The number of aromatic nitrogens is 3. The molecule has 3 rings (SSSR count). The Kier molecular flexibility index (Phi) is 4.81. The van der Waals surface area contributed by atoms with Crippen molar-refractivity contribution in [1.82, 2.24) is 14.8 Å². The Bertz CT molecular complexity index is 620. The highest BCUT2D eigenvalue weighted by molar-refractivity contribution is 7.07. The van der Waals surface area contributed by atoms with Gasteiger partial charge >= 0.3 is 0 Å². The van der Waals surface area contributed by atoms with Crippen LogP contribution >= 0.6 is 11.3 Å². The quantitative estimate of drug-likeness (QED) is 0.830. The second-order valence-electron chi connectivity index (χ2n) is 5.15. The summed E-state index contributed by atoms with van der Waals surface area (Å²) in [5.74, 6) is 0.828. The van der Waals surface area contributed by atoms with Crippen LogP contribution in [0.3, 0.4) is 0 Å². The van der Waals surface area contributed by atoms with E-state index in [-0.39, 0.29) is 12.5 Å². The number of thiophene rings is 1. The number of carbonyl (C=O) groups is 1. The summed E-state index contributed by atoms with van der Waals surface area (Å²) in [7, 11) is 0. The Labute approximate surface area is 132 Å². The minimum Gasteiger partial charge on any atom is -0.376 e. The second kappa shape index (κ2) is 6.99. The van der Waals surface area contributed by atoms with E-state index in [0.717, 1.165) is 5.82 Å². The Morgan fingerprint density at radius 2 is 2.41 bits per heavy atom. The van der Waals surface area contributed by atoms with E-state index in [2.05, 4.69) is 21.5 Å². The molecule has 7 nitrogen and oxygen atoms in total. The van der Waals surface area contributed by atoms with Crippen molar-refractivity contribution in [1.29, 1.82) is 0 Å². The van der Waals surface area contributed by atoms with Crippen LogP contribution in [0.4, 0.5) is 0 Å². The summed E-state index contributed by atoms with van der Waals surface area (Å²) in [6.07, 6.45) is 0.673. The summed E-state index contributed by atoms with van der Waals surface area (Å²) in [4.78, 5) is 15.5. The molecule has 0 unspecified atom stereocenters. The third kappa shape index (κ3) is 3.90. The first-order valence-electron chi connectivity index (χ1n) is 7.12. The molecule has 1 aliphatic rings. The van der Waals surface area contributed by atoms with Crippen molar-refractivity contribution in [3.05, 3.63) is 34.0 Å². The summed E-state index contributed by atoms with van der Waals surface area (Å²) < 4.78 is 12.9. The second-order valence-corrected chi connectivity index (χ2v) is 5.93. The average molecular weight is 322 g/mol. The highest BCUT2D eigenvalue weighted by atomic mass is 32.1. The number of carbonyl (C=O) groups excluding carboxylic acids is 1. The van der Waals surface area contributed by atoms with Crippen molar-refractivity contribution >= 4 is 17.2 Å². The van der Waals surface area contributed by atoms with Gasteiger partial charge in [0.1, 0.15) is 11.9 Å². The monoisotopic (exact) mass is 322 g/mol. The van der Waals surface area contributed by atoms with Gasteiger partial charge in [0.2, 0.25) is 5.91 Å². The molecule has 2 N–H and O–H groups in total. The molecule has 0 aliphatic carbocycles. The normalized spacial score (nSPS) is 18.5. The zero-order valence-electron chi connectivity index (χ0n) is 12.1. The SMILES string of the molecule is NC(=O)Cc1nc(Cc2ccsc2)n(C[C@H]2COCCO2)n1. The predicted molar refractivity (Wildman–Crippen MR) is 80.6 cm³/mol. The summed E-state index contributed by atoms with van der Waals surface area (Å²) >= 11 is 1.64. The molecule has 0 aromatic carbocycles. The van der Waals surface area contributed by atoms with Gasteiger partial charge in [0.05, 0.1) is 32.8 Å². The largest absolute Gasteiger partial charge is 0.376 e. The first-order valence-corrected chi connectivity index (χ1v) is 8.06. The third-order valence-corrected chi connectivity index (χ3v) is 4.06. The minimum atomic E-state index is -0.434. The van der Waals surface area contributed by atoms with Gasteiger partial charge in [0.15, 0.2) is 5.82 Å². The highest BCUT2D eigenvalue weighted by Gasteiger charge is 2.19. The lowest BCUT2D eigenvalue weighted by Gasteiger charge is -2.23. The molecule has 0 bridgehead atoms. The number of rotatable bonds is 6. The van der Waals surface area contributed by atoms with Crippen LogP contribution in [0.25, 0.3) is 0 Å². The van der Waals surface area contributed by atoms with E-state index in [9.17, 15) is 4.79 Å². The highest BCUT2D eigenvalue weighted by Crippen LogP contribution is 2.13. The maximum atomic E-state index is 11.1. The average Bonchev–Trinajstić information content (AvgIpc) is 3.11. The van der Waals surface area contributed by atoms with Crippen LogP contribution in [0.1, 0.15) is 17.2 Å². The molecule has 1 fully saturated rings. The Balaban J connectivity index is 1.78. The number of amides is 1. The predicted octanol–water partition coefficient (Wildman–Crippen LogP) is 0.374. The molecule has 2 aromatic heterocycles. The molecule has 0 spiro atoms. The van der Waals surface area contributed by atoms with E-state index in [1.54, 1.807) is 16.0 Å². The van der Waals surface area contributed by atoms with Crippen molar-refractivity contribution < 1.29 is 14.3 Å². The fraction of sp³-hybridized carbons (Fsp3) is 0.500. The molecule has 2 aromatic rings. The molecule has 1 aliphatic heterocycles. The van der Waals surface area contributed by atoms with E-state index >= 15 is 0 Å². The first kappa shape index (κ1) is 15.1. The van der Waals surface area contributed by atoms with Crippen molar-refractivity contribution in [2.24, 2.45) is 5.73 Å². The van der Waals surface area contributed by atoms with Crippen LogP contribution in [-0.4, -0.2) is 46.6 Å². The van der Waals surface area contributed by atoms with Gasteiger partial charge in [0, 0.05) is 6.42 Å². The van der Waals surface area contributed by atoms with Gasteiger partial charge in [-0.3, -0.25) is 4.79 Å². The minimum absolute atomic E-state index is 0.0434. The van der Waals surface area contributed by atoms with Crippen LogP contribution in [0, 0.1) is 0 Å². The Morgan fingerprint density at radius 1 is 1.50 bits per heavy atom. The van der Waals surface area contributed by atoms with Crippen molar-refractivity contribution in [3.8, 4) is 0 Å². The maximum Gasteiger partial charge on any atom is 0.225 e. The lowest BCUT2D eigenvalue weighted by molar-refractivity contribution is -0.117. The number of hydrogen-bond acceptors (Lipinski definition) is 6. The Hall–Kier alpha value is -1.77. The van der Waals surface area contributed by atoms with E-state index in [0.29, 0.717) is 38.6 Å². The summed E-state index contributed by atoms with van der Waals surface area (Å²) in [5.41, 5.74) is 6.40. The van der Waals surface area contributed by atoms with Gasteiger partial charge in [-0.2, -0.15) is 16.4 Å². The molecule has 3 heterocycles. The molecule has 22 heavy (non-hydrogen) atoms. The fourth-order valence-corrected chi connectivity index (χ4v) is 3.01. The van der Waals surface area contributed by atoms with E-state index < -0.39 is 5.91 Å². The fourth-order valence-electron chi connectivity index (χ4n) is 2.34. The van der Waals surface area contributed by atoms with Crippen LogP contribution in [0.2, 0.25) is 0 Å². The maximum absolute atomic E-state index is 11.1. The van der Waals surface area contributed by atoms with Crippen LogP contribution in [0.5, 0.6) is 0 Å². The zero-order chi connectivity index (χ0) is 15.4. The molecule has 0 saturated carbocycles. The lowest BCUT2D eigenvalue weighted by atomic mass is 10.2. The van der Waals surface area contributed by atoms with Crippen molar-refractivity contribution in [2.45, 2.75) is 25.5 Å². The molecule has 118 valence electrons. The number of primary amides is 1. The number of nitrogens with zero attached hydrogens (tertiary/aromatic N) is 3. The number of nitrogens with two attached hydrogens (primary N) is 1. The topological polar surface area (TPSA) is 92.3 Å². The van der Waals surface area contributed by atoms with Gasteiger partial charge in [0.25, 0.3) is 0 Å². The van der Waals surface area contributed by atoms with E-state index in [1.807, 2.05) is 5.38 Å². The van der Waals surface area contributed by atoms with Crippen LogP contribution in [-0.2, 0) is 33.7 Å². The summed E-state index contributed by atoms with van der Waals surface area (Å²) in [5, 5.41) is 8.50. The molecule has 1 atom stereocenters. The molecule has 1 saturated heterocycles. The number of ether oxygens (including phenoxy) is 2. The summed E-state index contributed by atoms with van der Waals surface area (Å²) in [6.45, 7) is 2.32. The van der Waals surface area contributed by atoms with Gasteiger partial charge in [-0.05, 0) is 22.4 Å². The molecular formula is C14H18N4O3S. The third-order valence-electron chi connectivity index (χ3n) is 3.33. The van der Waals surface area contributed by atoms with Crippen molar-refractivity contribution in [2.75, 3.05) is 19.8 Å². The molecule has 8 heteroatoms. The molecule has 0 radical (unpaired) electrons. The lowest BCUT2D eigenvalue weighted by Crippen LogP contribution is -2.33. The van der Waals surface area contributed by atoms with Crippen molar-refractivity contribution in [3.63, 3.8) is 0 Å². The first-order chi connectivity index (χ1) is 10.7. The van der Waals surface area contributed by atoms with Crippen LogP contribution < -0.4 is 5.73 Å². The smallest absolute Gasteiger partial charge is 0.225 e. The molecule has 1 amide bonds. The van der Waals surface area contributed by atoms with E-state index in [1.165, 1.54) is 5.56 Å². The molecular weight excluding hydrogens is 304 g/mol. The standard InChI is InChI=1S/C14H18N4O3S/c15-12(19)6-13-16-14(5-10-1-4-22-9-10)18(17-13)7-11-8-20-2-3-21-11/h1,4,9,11H,2-3,5-8H2,(H2,15,19)/t11-/m0/s1. The zero-order valence-corrected chi connectivity index (χ0v) is 12.9. The Morgan fingerprint density at radius 3 is 3.09 bits per heavy atom. The van der Waals surface area contributed by atoms with Gasteiger partial charge in [-0.15, -0.1) is 0 Å². The number of hydrogen-bond donors (Lipinski definition) is 1. The van der Waals surface area contributed by atoms with Crippen LogP contribution in [0.15, 0.2) is 16.8 Å². The van der Waals surface area contributed by atoms with Gasteiger partial charge in [-0.25, -0.2) is 9.67 Å². The van der Waals surface area contributed by atoms with Gasteiger partial charge < -0.3 is 15.2 Å². The van der Waals surface area contributed by atoms with Gasteiger partial charge in [-0.1, -0.05) is 0 Å². The van der Waals surface area contributed by atoms with E-state index in [4.69, 9.17) is 15.2 Å².